The molecule has 0 fully saturated rings. The van der Waals surface area contributed by atoms with Crippen LogP contribution in [0.5, 0.6) is 17.2 Å². The quantitative estimate of drug-likeness (QED) is 0.596. The van der Waals surface area contributed by atoms with Gasteiger partial charge in [-0.2, -0.15) is 0 Å². The molecule has 4 rings (SSSR count). The first kappa shape index (κ1) is 18.4. The average molecular weight is 372 g/mol. The molecule has 5 heteroatoms. The molecule has 2 atom stereocenters. The van der Waals surface area contributed by atoms with Crippen LogP contribution in [-0.2, 0) is 11.2 Å². The number of carbonyl (C=O) groups is 1. The SMILES string of the molecule is COc1c2c(cc3c1[C@H](CC(=O)[C@@H]1CC=C(C)CC1)[N+](C)(C)CC3)OCO2. The lowest BCUT2D eigenvalue weighted by Crippen LogP contribution is -2.49. The molecule has 1 aromatic rings. The van der Waals surface area contributed by atoms with Crippen LogP contribution in [0.4, 0.5) is 0 Å². The molecule has 0 spiro atoms. The van der Waals surface area contributed by atoms with Gasteiger partial charge in [-0.3, -0.25) is 4.79 Å². The number of allylic oxidation sites excluding steroid dienone is 2. The predicted molar refractivity (Wildman–Crippen MR) is 103 cm³/mol. The topological polar surface area (TPSA) is 44.8 Å². The Balaban J connectivity index is 1.69. The molecule has 1 aliphatic carbocycles. The molecule has 0 unspecified atom stereocenters. The molecule has 0 saturated carbocycles. The van der Waals surface area contributed by atoms with Crippen molar-refractivity contribution in [1.82, 2.24) is 0 Å². The number of carbonyl (C=O) groups excluding carboxylic acids is 1. The van der Waals surface area contributed by atoms with E-state index in [1.54, 1.807) is 7.11 Å². The zero-order chi connectivity index (χ0) is 19.2. The van der Waals surface area contributed by atoms with Gasteiger partial charge in [0.1, 0.15) is 11.8 Å². The molecular weight excluding hydrogens is 342 g/mol. The molecule has 5 nitrogen and oxygen atoms in total. The number of likely N-dealkylation sites (N-methyl/N-ethyl adjacent to an activating group) is 1. The Kier molecular flexibility index (Phi) is 4.66. The second-order valence-corrected chi connectivity index (χ2v) is 8.68. The highest BCUT2D eigenvalue weighted by Crippen LogP contribution is 2.51. The van der Waals surface area contributed by atoms with E-state index < -0.39 is 0 Å². The largest absolute Gasteiger partial charge is 0.492 e. The first-order chi connectivity index (χ1) is 12.9. The molecule has 0 bridgehead atoms. The Morgan fingerprint density at radius 1 is 1.30 bits per heavy atom. The Bertz CT molecular complexity index is 796. The van der Waals surface area contributed by atoms with Crippen LogP contribution in [0.25, 0.3) is 0 Å². The lowest BCUT2D eigenvalue weighted by Gasteiger charge is -2.43. The fourth-order valence-corrected chi connectivity index (χ4v) is 4.73. The van der Waals surface area contributed by atoms with E-state index in [1.165, 1.54) is 11.1 Å². The fraction of sp³-hybridized carbons (Fsp3) is 0.591. The molecule has 0 radical (unpaired) electrons. The van der Waals surface area contributed by atoms with Gasteiger partial charge in [-0.05, 0) is 37.8 Å². The Labute approximate surface area is 161 Å². The van der Waals surface area contributed by atoms with Crippen molar-refractivity contribution in [2.75, 3.05) is 34.5 Å². The molecule has 0 amide bonds. The van der Waals surface area contributed by atoms with Crippen molar-refractivity contribution in [2.24, 2.45) is 5.92 Å². The highest BCUT2D eigenvalue weighted by Gasteiger charge is 2.43. The van der Waals surface area contributed by atoms with E-state index in [0.29, 0.717) is 18.0 Å². The van der Waals surface area contributed by atoms with Crippen molar-refractivity contribution < 1.29 is 23.5 Å². The van der Waals surface area contributed by atoms with Crippen molar-refractivity contribution in [1.29, 1.82) is 0 Å². The van der Waals surface area contributed by atoms with Crippen LogP contribution in [-0.4, -0.2) is 44.8 Å². The second kappa shape index (κ2) is 6.86. The molecule has 2 heterocycles. The molecule has 0 N–H and O–H groups in total. The molecular formula is C22H30NO4+. The first-order valence-corrected chi connectivity index (χ1v) is 9.91. The number of quaternary nitrogens is 1. The summed E-state index contributed by atoms with van der Waals surface area (Å²) in [6, 6.07) is 2.17. The number of methoxy groups -OCH3 is 1. The van der Waals surface area contributed by atoms with Crippen molar-refractivity contribution >= 4 is 5.78 Å². The number of nitrogens with zero attached hydrogens (tertiary/aromatic N) is 1. The maximum atomic E-state index is 13.2. The van der Waals surface area contributed by atoms with Crippen molar-refractivity contribution in [3.05, 3.63) is 28.8 Å². The number of hydrogen-bond donors (Lipinski definition) is 0. The third-order valence-corrected chi connectivity index (χ3v) is 6.57. The van der Waals surface area contributed by atoms with Gasteiger partial charge in [0.05, 0.1) is 39.7 Å². The van der Waals surface area contributed by atoms with Gasteiger partial charge in [0.25, 0.3) is 0 Å². The minimum absolute atomic E-state index is 0.0812. The van der Waals surface area contributed by atoms with E-state index in [1.807, 2.05) is 0 Å². The minimum atomic E-state index is 0.0812. The Morgan fingerprint density at radius 2 is 2.11 bits per heavy atom. The standard InChI is InChI=1S/C22H30NO4/c1-14-5-7-15(8-6-14)18(24)12-17-20-16(9-10-23(17,2)3)11-19-21(22(20)25-4)27-13-26-19/h5,11,15,17H,6-10,12-13H2,1-4H3/q+1/t15-,17+/m1/s1. The zero-order valence-corrected chi connectivity index (χ0v) is 16.8. The smallest absolute Gasteiger partial charge is 0.231 e. The van der Waals surface area contributed by atoms with Gasteiger partial charge >= 0.3 is 0 Å². The highest BCUT2D eigenvalue weighted by atomic mass is 16.7. The second-order valence-electron chi connectivity index (χ2n) is 8.68. The number of ether oxygens (including phenoxy) is 3. The van der Waals surface area contributed by atoms with Crippen LogP contribution < -0.4 is 14.2 Å². The Hall–Kier alpha value is -2.01. The average Bonchev–Trinajstić information content (AvgIpc) is 3.11. The van der Waals surface area contributed by atoms with Crippen LogP contribution in [0, 0.1) is 5.92 Å². The number of hydrogen-bond acceptors (Lipinski definition) is 4. The van der Waals surface area contributed by atoms with Crippen molar-refractivity contribution in [3.63, 3.8) is 0 Å². The van der Waals surface area contributed by atoms with Gasteiger partial charge in [0.15, 0.2) is 11.5 Å². The van der Waals surface area contributed by atoms with E-state index in [9.17, 15) is 4.79 Å². The van der Waals surface area contributed by atoms with Crippen molar-refractivity contribution in [3.8, 4) is 17.2 Å². The van der Waals surface area contributed by atoms with Crippen LogP contribution >= 0.6 is 0 Å². The van der Waals surface area contributed by atoms with Crippen LogP contribution in [0.2, 0.25) is 0 Å². The van der Waals surface area contributed by atoms with Gasteiger partial charge in [-0.1, -0.05) is 11.6 Å². The maximum Gasteiger partial charge on any atom is 0.231 e. The lowest BCUT2D eigenvalue weighted by molar-refractivity contribution is -0.922. The van der Waals surface area contributed by atoms with Crippen LogP contribution in [0.15, 0.2) is 17.7 Å². The van der Waals surface area contributed by atoms with Crippen LogP contribution in [0.3, 0.4) is 0 Å². The Morgan fingerprint density at radius 3 is 2.81 bits per heavy atom. The number of ketones is 1. The van der Waals surface area contributed by atoms with Gasteiger partial charge in [-0.25, -0.2) is 0 Å². The summed E-state index contributed by atoms with van der Waals surface area (Å²) in [5.74, 6) is 2.73. The summed E-state index contributed by atoms with van der Waals surface area (Å²) in [4.78, 5) is 13.2. The fourth-order valence-electron chi connectivity index (χ4n) is 4.73. The summed E-state index contributed by atoms with van der Waals surface area (Å²) in [5.41, 5.74) is 3.77. The molecule has 0 aromatic heterocycles. The third-order valence-electron chi connectivity index (χ3n) is 6.57. The summed E-state index contributed by atoms with van der Waals surface area (Å²) in [6.07, 6.45) is 6.64. The first-order valence-electron chi connectivity index (χ1n) is 9.91. The summed E-state index contributed by atoms with van der Waals surface area (Å²) < 4.78 is 17.9. The molecule has 3 aliphatic rings. The monoisotopic (exact) mass is 372 g/mol. The third kappa shape index (κ3) is 3.22. The van der Waals surface area contributed by atoms with E-state index in [0.717, 1.165) is 53.8 Å². The van der Waals surface area contributed by atoms with Crippen molar-refractivity contribution in [2.45, 2.75) is 45.1 Å². The minimum Gasteiger partial charge on any atom is -0.492 e. The number of fused-ring (bicyclic) bond motifs is 2. The molecule has 1 aromatic carbocycles. The number of Topliss-reactive ketones (excluding diaryl/α,β-unsaturated/α-hetero) is 1. The normalized spacial score (nSPS) is 25.6. The van der Waals surface area contributed by atoms with E-state index in [4.69, 9.17) is 14.2 Å². The van der Waals surface area contributed by atoms with E-state index in [2.05, 4.69) is 33.2 Å². The highest BCUT2D eigenvalue weighted by molar-refractivity contribution is 5.82. The number of rotatable bonds is 4. The van der Waals surface area contributed by atoms with Gasteiger partial charge in [0, 0.05) is 12.3 Å². The van der Waals surface area contributed by atoms with Gasteiger partial charge in [-0.15, -0.1) is 0 Å². The van der Waals surface area contributed by atoms with E-state index in [-0.39, 0.29) is 18.8 Å². The summed E-state index contributed by atoms with van der Waals surface area (Å²) in [7, 11) is 6.12. The molecule has 146 valence electrons. The molecule has 2 aliphatic heterocycles. The lowest BCUT2D eigenvalue weighted by atomic mass is 9.81. The number of benzene rings is 1. The summed E-state index contributed by atoms with van der Waals surface area (Å²) >= 11 is 0. The van der Waals surface area contributed by atoms with Crippen LogP contribution in [0.1, 0.15) is 49.8 Å². The van der Waals surface area contributed by atoms with Gasteiger partial charge in [0.2, 0.25) is 12.5 Å². The maximum absolute atomic E-state index is 13.2. The molecule has 0 saturated heterocycles. The zero-order valence-electron chi connectivity index (χ0n) is 16.8. The summed E-state index contributed by atoms with van der Waals surface area (Å²) in [6.45, 7) is 3.38. The summed E-state index contributed by atoms with van der Waals surface area (Å²) in [5, 5.41) is 0. The molecule has 27 heavy (non-hydrogen) atoms. The predicted octanol–water partition coefficient (Wildman–Crippen LogP) is 3.80. The van der Waals surface area contributed by atoms with E-state index >= 15 is 0 Å². The van der Waals surface area contributed by atoms with Gasteiger partial charge < -0.3 is 18.7 Å².